The predicted molar refractivity (Wildman–Crippen MR) is 112 cm³/mol. The maximum Gasteiger partial charge on any atom is 0.286 e. The van der Waals surface area contributed by atoms with E-state index in [9.17, 15) is 9.59 Å². The number of carbonyl (C=O) groups excluding carboxylic acids is 2. The first-order valence-corrected chi connectivity index (χ1v) is 9.90. The Morgan fingerprint density at radius 1 is 0.862 bits per heavy atom. The van der Waals surface area contributed by atoms with Crippen molar-refractivity contribution < 1.29 is 14.0 Å². The Labute approximate surface area is 171 Å². The van der Waals surface area contributed by atoms with Gasteiger partial charge in [-0.3, -0.25) is 9.59 Å². The predicted octanol–water partition coefficient (Wildman–Crippen LogP) is 4.06. The summed E-state index contributed by atoms with van der Waals surface area (Å²) in [4.78, 5) is 26.6. The van der Waals surface area contributed by atoms with E-state index in [1.54, 1.807) is 12.1 Å². The quantitative estimate of drug-likeness (QED) is 0.531. The molecule has 1 N–H and O–H groups in total. The van der Waals surface area contributed by atoms with Crippen molar-refractivity contribution in [3.8, 4) is 0 Å². The second-order valence-corrected chi connectivity index (χ2v) is 6.87. The molecule has 0 atom stereocenters. The molecule has 2 aromatic carbocycles. The van der Waals surface area contributed by atoms with Gasteiger partial charge < -0.3 is 14.6 Å². The van der Waals surface area contributed by atoms with Crippen molar-refractivity contribution in [3.05, 3.63) is 95.9 Å². The molecule has 0 spiro atoms. The van der Waals surface area contributed by atoms with E-state index in [0.717, 1.165) is 12.0 Å². The molecular formula is C24H26N2O3. The zero-order valence-corrected chi connectivity index (χ0v) is 16.4. The first kappa shape index (κ1) is 20.4. The van der Waals surface area contributed by atoms with Crippen LogP contribution < -0.4 is 5.32 Å². The fourth-order valence-corrected chi connectivity index (χ4v) is 3.10. The van der Waals surface area contributed by atoms with Crippen LogP contribution in [0.3, 0.4) is 0 Å². The van der Waals surface area contributed by atoms with Crippen LogP contribution in [0.5, 0.6) is 0 Å². The van der Waals surface area contributed by atoms with Gasteiger partial charge in [0.05, 0.1) is 6.26 Å². The third-order valence-corrected chi connectivity index (χ3v) is 4.68. The number of nitrogens with one attached hydrogen (secondary N) is 1. The molecule has 0 saturated carbocycles. The third-order valence-electron chi connectivity index (χ3n) is 4.68. The van der Waals surface area contributed by atoms with Gasteiger partial charge in [0.15, 0.2) is 5.76 Å². The molecular weight excluding hydrogens is 364 g/mol. The van der Waals surface area contributed by atoms with Crippen LogP contribution in [-0.4, -0.2) is 29.8 Å². The topological polar surface area (TPSA) is 62.6 Å². The fourth-order valence-electron chi connectivity index (χ4n) is 3.10. The molecule has 1 heterocycles. The minimum absolute atomic E-state index is 0.0945. The SMILES string of the molecule is O=C(NCCCC(=O)N(CCc1ccccc1)Cc1ccccc1)c1ccco1. The number of benzene rings is 2. The summed E-state index contributed by atoms with van der Waals surface area (Å²) in [6.45, 7) is 1.69. The molecule has 0 aliphatic rings. The highest BCUT2D eigenvalue weighted by Crippen LogP contribution is 2.10. The van der Waals surface area contributed by atoms with Crippen LogP contribution in [0.4, 0.5) is 0 Å². The molecule has 5 heteroatoms. The van der Waals surface area contributed by atoms with E-state index in [4.69, 9.17) is 4.42 Å². The number of carbonyl (C=O) groups is 2. The summed E-state index contributed by atoms with van der Waals surface area (Å²) in [5.41, 5.74) is 2.32. The van der Waals surface area contributed by atoms with Crippen molar-refractivity contribution in [2.24, 2.45) is 0 Å². The van der Waals surface area contributed by atoms with Gasteiger partial charge in [-0.25, -0.2) is 0 Å². The molecule has 3 rings (SSSR count). The van der Waals surface area contributed by atoms with Gasteiger partial charge in [-0.2, -0.15) is 0 Å². The zero-order valence-electron chi connectivity index (χ0n) is 16.4. The smallest absolute Gasteiger partial charge is 0.286 e. The monoisotopic (exact) mass is 390 g/mol. The number of hydrogen-bond donors (Lipinski definition) is 1. The molecule has 3 aromatic rings. The molecule has 29 heavy (non-hydrogen) atoms. The average molecular weight is 390 g/mol. The summed E-state index contributed by atoms with van der Waals surface area (Å²) < 4.78 is 5.06. The Kier molecular flexibility index (Phi) is 7.63. The number of hydrogen-bond acceptors (Lipinski definition) is 3. The Morgan fingerprint density at radius 2 is 1.55 bits per heavy atom. The van der Waals surface area contributed by atoms with E-state index in [0.29, 0.717) is 32.5 Å². The van der Waals surface area contributed by atoms with E-state index < -0.39 is 0 Å². The highest BCUT2D eigenvalue weighted by molar-refractivity contribution is 5.91. The summed E-state index contributed by atoms with van der Waals surface area (Å²) in [5.74, 6) is 0.120. The van der Waals surface area contributed by atoms with Crippen molar-refractivity contribution in [1.82, 2.24) is 10.2 Å². The van der Waals surface area contributed by atoms with E-state index in [2.05, 4.69) is 17.4 Å². The molecule has 5 nitrogen and oxygen atoms in total. The fraction of sp³-hybridized carbons (Fsp3) is 0.250. The molecule has 0 aliphatic heterocycles. The van der Waals surface area contributed by atoms with Crippen LogP contribution in [0.2, 0.25) is 0 Å². The van der Waals surface area contributed by atoms with Crippen LogP contribution in [0, 0.1) is 0 Å². The Hall–Kier alpha value is -3.34. The highest BCUT2D eigenvalue weighted by atomic mass is 16.3. The van der Waals surface area contributed by atoms with E-state index in [-0.39, 0.29) is 17.6 Å². The van der Waals surface area contributed by atoms with Crippen LogP contribution in [-0.2, 0) is 17.8 Å². The van der Waals surface area contributed by atoms with Crippen LogP contribution >= 0.6 is 0 Å². The highest BCUT2D eigenvalue weighted by Gasteiger charge is 2.14. The van der Waals surface area contributed by atoms with E-state index in [1.807, 2.05) is 53.4 Å². The first-order chi connectivity index (χ1) is 14.2. The van der Waals surface area contributed by atoms with Gasteiger partial charge in [-0.05, 0) is 36.1 Å². The second kappa shape index (κ2) is 10.9. The van der Waals surface area contributed by atoms with Crippen LogP contribution in [0.15, 0.2) is 83.5 Å². The number of rotatable bonds is 10. The lowest BCUT2D eigenvalue weighted by Gasteiger charge is -2.23. The van der Waals surface area contributed by atoms with E-state index in [1.165, 1.54) is 11.8 Å². The largest absolute Gasteiger partial charge is 0.459 e. The van der Waals surface area contributed by atoms with Gasteiger partial charge in [0.2, 0.25) is 5.91 Å². The third kappa shape index (κ3) is 6.64. The lowest BCUT2D eigenvalue weighted by molar-refractivity contribution is -0.131. The Balaban J connectivity index is 1.51. The van der Waals surface area contributed by atoms with Gasteiger partial charge >= 0.3 is 0 Å². The number of furan rings is 1. The summed E-state index contributed by atoms with van der Waals surface area (Å²) >= 11 is 0. The van der Waals surface area contributed by atoms with Crippen molar-refractivity contribution in [3.63, 3.8) is 0 Å². The number of amides is 2. The van der Waals surface area contributed by atoms with Crippen molar-refractivity contribution in [1.29, 1.82) is 0 Å². The van der Waals surface area contributed by atoms with Gasteiger partial charge in [0.1, 0.15) is 0 Å². The van der Waals surface area contributed by atoms with Crippen LogP contribution in [0.1, 0.15) is 34.5 Å². The molecule has 150 valence electrons. The molecule has 0 fully saturated rings. The maximum absolute atomic E-state index is 12.8. The first-order valence-electron chi connectivity index (χ1n) is 9.90. The molecule has 0 bridgehead atoms. The van der Waals surface area contributed by atoms with Gasteiger partial charge in [-0.1, -0.05) is 60.7 Å². The molecule has 0 unspecified atom stereocenters. The molecule has 0 saturated heterocycles. The van der Waals surface area contributed by atoms with Crippen molar-refractivity contribution in [2.75, 3.05) is 13.1 Å². The standard InChI is InChI=1S/C24H26N2O3/c27-23(14-7-16-25-24(28)22-13-8-18-29-22)26(19-21-11-5-2-6-12-21)17-15-20-9-3-1-4-10-20/h1-6,8-13,18H,7,14-17,19H2,(H,25,28). The summed E-state index contributed by atoms with van der Waals surface area (Å²) in [6.07, 6.45) is 3.25. The van der Waals surface area contributed by atoms with Gasteiger partial charge in [-0.15, -0.1) is 0 Å². The molecule has 2 amide bonds. The minimum Gasteiger partial charge on any atom is -0.459 e. The Morgan fingerprint density at radius 3 is 2.21 bits per heavy atom. The zero-order chi connectivity index (χ0) is 20.3. The summed E-state index contributed by atoms with van der Waals surface area (Å²) in [5, 5.41) is 2.78. The maximum atomic E-state index is 12.8. The minimum atomic E-state index is -0.257. The molecule has 0 radical (unpaired) electrons. The lowest BCUT2D eigenvalue weighted by Crippen LogP contribution is -2.33. The van der Waals surface area contributed by atoms with Gasteiger partial charge in [0.25, 0.3) is 5.91 Å². The summed E-state index contributed by atoms with van der Waals surface area (Å²) in [7, 11) is 0. The lowest BCUT2D eigenvalue weighted by atomic mass is 10.1. The van der Waals surface area contributed by atoms with E-state index >= 15 is 0 Å². The Bertz CT molecular complexity index is 877. The normalized spacial score (nSPS) is 10.5. The molecule has 0 aliphatic carbocycles. The van der Waals surface area contributed by atoms with Gasteiger partial charge in [0, 0.05) is 26.1 Å². The summed E-state index contributed by atoms with van der Waals surface area (Å²) in [6, 6.07) is 23.5. The molecule has 1 aromatic heterocycles. The average Bonchev–Trinajstić information content (AvgIpc) is 3.30. The van der Waals surface area contributed by atoms with Crippen LogP contribution in [0.25, 0.3) is 0 Å². The van der Waals surface area contributed by atoms with Crippen molar-refractivity contribution >= 4 is 11.8 Å². The van der Waals surface area contributed by atoms with Crippen molar-refractivity contribution in [2.45, 2.75) is 25.8 Å². The number of nitrogens with zero attached hydrogens (tertiary/aromatic N) is 1. The second-order valence-electron chi connectivity index (χ2n) is 6.87.